The molecule has 0 saturated carbocycles. The molecule has 0 amide bonds. The van der Waals surface area contributed by atoms with E-state index >= 15 is 0 Å². The number of carbonyl (C=O) groups is 1. The Hall–Kier alpha value is -1.19. The van der Waals surface area contributed by atoms with E-state index in [1.54, 1.807) is 0 Å². The maximum absolute atomic E-state index is 12.4. The van der Waals surface area contributed by atoms with Crippen LogP contribution in [0.4, 0.5) is 4.39 Å². The fourth-order valence-corrected chi connectivity index (χ4v) is 0.727. The number of carboxylic acids is 1. The van der Waals surface area contributed by atoms with Crippen LogP contribution in [0, 0.1) is 0 Å². The molecule has 0 bridgehead atoms. The van der Waals surface area contributed by atoms with Gasteiger partial charge in [-0.1, -0.05) is 0 Å². The van der Waals surface area contributed by atoms with Gasteiger partial charge in [-0.15, -0.1) is 0 Å². The molecule has 0 radical (unpaired) electrons. The normalized spacial score (nSPS) is 17.7. The number of dihydropyridines is 1. The molecule has 0 spiro atoms. The molecule has 1 rings (SSSR count). The predicted octanol–water partition coefficient (Wildman–Crippen LogP) is 0.769. The molecule has 0 aromatic heterocycles. The number of allylic oxidation sites excluding steroid dienone is 1. The second kappa shape index (κ2) is 2.60. The van der Waals surface area contributed by atoms with Crippen LogP contribution >= 0.6 is 0 Å². The number of aliphatic imine (C=N–C) groups is 1. The summed E-state index contributed by atoms with van der Waals surface area (Å²) in [6.45, 7) is 0.370. The van der Waals surface area contributed by atoms with Crippen molar-refractivity contribution in [2.75, 3.05) is 6.54 Å². The lowest BCUT2D eigenvalue weighted by molar-refractivity contribution is -0.132. The minimum absolute atomic E-state index is 0.171. The molecule has 0 aliphatic carbocycles. The Bertz CT molecular complexity index is 220. The van der Waals surface area contributed by atoms with E-state index in [1.165, 1.54) is 0 Å². The highest BCUT2D eigenvalue weighted by molar-refractivity contribution is 5.95. The molecule has 0 saturated heterocycles. The van der Waals surface area contributed by atoms with Crippen molar-refractivity contribution in [3.63, 3.8) is 0 Å². The van der Waals surface area contributed by atoms with Crippen LogP contribution in [-0.4, -0.2) is 23.8 Å². The van der Waals surface area contributed by atoms with E-state index in [0.29, 0.717) is 6.54 Å². The highest BCUT2D eigenvalue weighted by Gasteiger charge is 2.15. The van der Waals surface area contributed by atoms with Crippen LogP contribution in [0.3, 0.4) is 0 Å². The molecular formula is C6H6FNO2. The van der Waals surface area contributed by atoms with Gasteiger partial charge in [0.1, 0.15) is 0 Å². The second-order valence-electron chi connectivity index (χ2n) is 1.92. The maximum Gasteiger partial charge on any atom is 0.334 e. The molecule has 0 fully saturated rings. The van der Waals surface area contributed by atoms with Gasteiger partial charge in [-0.3, -0.25) is 4.99 Å². The fourth-order valence-electron chi connectivity index (χ4n) is 0.727. The third-order valence-electron chi connectivity index (χ3n) is 1.24. The van der Waals surface area contributed by atoms with Crippen molar-refractivity contribution in [2.45, 2.75) is 6.42 Å². The van der Waals surface area contributed by atoms with Crippen LogP contribution < -0.4 is 0 Å². The van der Waals surface area contributed by atoms with Gasteiger partial charge in [0.2, 0.25) is 0 Å². The molecule has 1 aliphatic rings. The van der Waals surface area contributed by atoms with Crippen LogP contribution in [0.5, 0.6) is 0 Å². The number of nitrogens with zero attached hydrogens (tertiary/aromatic N) is 1. The summed E-state index contributed by atoms with van der Waals surface area (Å²) < 4.78 is 12.4. The summed E-state index contributed by atoms with van der Waals surface area (Å²) in [4.78, 5) is 13.8. The Morgan fingerprint density at radius 3 is 2.90 bits per heavy atom. The minimum Gasteiger partial charge on any atom is -0.478 e. The zero-order chi connectivity index (χ0) is 7.56. The van der Waals surface area contributed by atoms with Gasteiger partial charge < -0.3 is 5.11 Å². The summed E-state index contributed by atoms with van der Waals surface area (Å²) in [7, 11) is 0. The number of hydrogen-bond acceptors (Lipinski definition) is 2. The van der Waals surface area contributed by atoms with E-state index in [2.05, 4.69) is 4.99 Å². The van der Waals surface area contributed by atoms with Crippen LogP contribution in [0.25, 0.3) is 0 Å². The first kappa shape index (κ1) is 6.92. The SMILES string of the molecule is O=C(O)C1=C(F)C=NCC1. The number of carboxylic acid groups (broad SMARTS) is 1. The van der Waals surface area contributed by atoms with Gasteiger partial charge >= 0.3 is 5.97 Å². The van der Waals surface area contributed by atoms with Crippen LogP contribution in [0.15, 0.2) is 16.4 Å². The van der Waals surface area contributed by atoms with Crippen LogP contribution in [0.1, 0.15) is 6.42 Å². The minimum atomic E-state index is -1.19. The number of hydrogen-bond donors (Lipinski definition) is 1. The average molecular weight is 143 g/mol. The van der Waals surface area contributed by atoms with Crippen LogP contribution in [0.2, 0.25) is 0 Å². The molecule has 0 atom stereocenters. The Morgan fingerprint density at radius 2 is 2.50 bits per heavy atom. The summed E-state index contributed by atoms with van der Waals surface area (Å²) in [6, 6.07) is 0. The zero-order valence-corrected chi connectivity index (χ0v) is 5.17. The Labute approximate surface area is 56.9 Å². The highest BCUT2D eigenvalue weighted by atomic mass is 19.1. The first-order chi connectivity index (χ1) is 4.72. The van der Waals surface area contributed by atoms with E-state index in [1.807, 2.05) is 0 Å². The molecular weight excluding hydrogens is 137 g/mol. The van der Waals surface area contributed by atoms with Gasteiger partial charge in [0.25, 0.3) is 0 Å². The first-order valence-electron chi connectivity index (χ1n) is 2.83. The van der Waals surface area contributed by atoms with E-state index in [4.69, 9.17) is 5.11 Å². The van der Waals surface area contributed by atoms with Crippen molar-refractivity contribution in [1.82, 2.24) is 0 Å². The van der Waals surface area contributed by atoms with Gasteiger partial charge in [-0.2, -0.15) is 0 Å². The monoisotopic (exact) mass is 143 g/mol. The van der Waals surface area contributed by atoms with Crippen molar-refractivity contribution in [1.29, 1.82) is 0 Å². The molecule has 10 heavy (non-hydrogen) atoms. The van der Waals surface area contributed by atoms with Crippen molar-refractivity contribution in [3.8, 4) is 0 Å². The van der Waals surface area contributed by atoms with Crippen molar-refractivity contribution in [3.05, 3.63) is 11.4 Å². The molecule has 1 heterocycles. The lowest BCUT2D eigenvalue weighted by Gasteiger charge is -2.03. The molecule has 0 unspecified atom stereocenters. The van der Waals surface area contributed by atoms with Crippen molar-refractivity contribution in [2.24, 2.45) is 4.99 Å². The zero-order valence-electron chi connectivity index (χ0n) is 5.17. The summed E-state index contributed by atoms with van der Waals surface area (Å²) in [5, 5.41) is 8.35. The van der Waals surface area contributed by atoms with Crippen LogP contribution in [-0.2, 0) is 4.79 Å². The smallest absolute Gasteiger partial charge is 0.334 e. The highest BCUT2D eigenvalue weighted by Crippen LogP contribution is 2.12. The molecule has 54 valence electrons. The topological polar surface area (TPSA) is 49.7 Å². The summed E-state index contributed by atoms with van der Waals surface area (Å²) in [5.41, 5.74) is -0.171. The molecule has 3 nitrogen and oxygen atoms in total. The Morgan fingerprint density at radius 1 is 1.80 bits per heavy atom. The molecule has 1 N–H and O–H groups in total. The lowest BCUT2D eigenvalue weighted by Crippen LogP contribution is -2.08. The van der Waals surface area contributed by atoms with Gasteiger partial charge in [0.05, 0.1) is 11.8 Å². The van der Waals surface area contributed by atoms with E-state index in [-0.39, 0.29) is 12.0 Å². The second-order valence-corrected chi connectivity index (χ2v) is 1.92. The number of aliphatic carboxylic acids is 1. The third kappa shape index (κ3) is 1.21. The third-order valence-corrected chi connectivity index (χ3v) is 1.24. The summed E-state index contributed by atoms with van der Waals surface area (Å²) >= 11 is 0. The molecule has 1 aliphatic heterocycles. The van der Waals surface area contributed by atoms with E-state index < -0.39 is 11.8 Å². The molecule has 4 heteroatoms. The standard InChI is InChI=1S/C6H6FNO2/c7-5-3-8-2-1-4(5)6(9)10/h3H,1-2H2,(H,9,10). The van der Waals surface area contributed by atoms with Gasteiger partial charge in [0.15, 0.2) is 5.83 Å². The summed E-state index contributed by atoms with van der Waals surface area (Å²) in [5.74, 6) is -1.91. The summed E-state index contributed by atoms with van der Waals surface area (Å²) in [6.07, 6.45) is 1.14. The van der Waals surface area contributed by atoms with E-state index in [9.17, 15) is 9.18 Å². The number of rotatable bonds is 1. The van der Waals surface area contributed by atoms with Gasteiger partial charge in [-0.25, -0.2) is 9.18 Å². The Kier molecular flexibility index (Phi) is 1.80. The van der Waals surface area contributed by atoms with Gasteiger partial charge in [-0.05, 0) is 0 Å². The van der Waals surface area contributed by atoms with Crippen molar-refractivity contribution >= 4 is 12.2 Å². The lowest BCUT2D eigenvalue weighted by atomic mass is 10.1. The number of halogens is 1. The quantitative estimate of drug-likeness (QED) is 0.589. The predicted molar refractivity (Wildman–Crippen MR) is 33.7 cm³/mol. The van der Waals surface area contributed by atoms with Gasteiger partial charge in [0, 0.05) is 13.0 Å². The fraction of sp³-hybridized carbons (Fsp3) is 0.333. The molecule has 0 aromatic carbocycles. The van der Waals surface area contributed by atoms with Crippen molar-refractivity contribution < 1.29 is 14.3 Å². The Balaban J connectivity index is 2.89. The average Bonchev–Trinajstić information content (AvgIpc) is 1.88. The first-order valence-corrected chi connectivity index (χ1v) is 2.83. The molecule has 0 aromatic rings. The largest absolute Gasteiger partial charge is 0.478 e. The van der Waals surface area contributed by atoms with E-state index in [0.717, 1.165) is 6.21 Å². The maximum atomic E-state index is 12.4.